The van der Waals surface area contributed by atoms with Crippen LogP contribution < -0.4 is 4.74 Å². The lowest BCUT2D eigenvalue weighted by molar-refractivity contribution is -0.170. The topological polar surface area (TPSA) is 59.1 Å². The van der Waals surface area contributed by atoms with Crippen molar-refractivity contribution in [2.75, 3.05) is 39.4 Å². The SMILES string of the molecule is CCCCN1CCOc2ccccc2CCCCC2(CN(C(=O)c3cccc(C(F)(F)F)c3)CCO2)C1=O. The Morgan fingerprint density at radius 1 is 1.05 bits per heavy atom. The average molecular weight is 533 g/mol. The number of alkyl halides is 3. The summed E-state index contributed by atoms with van der Waals surface area (Å²) >= 11 is 0. The van der Waals surface area contributed by atoms with Crippen LogP contribution in [0, 0.1) is 0 Å². The van der Waals surface area contributed by atoms with Gasteiger partial charge in [0.25, 0.3) is 11.8 Å². The van der Waals surface area contributed by atoms with E-state index in [1.807, 2.05) is 24.3 Å². The van der Waals surface area contributed by atoms with Crippen molar-refractivity contribution in [3.05, 3.63) is 65.2 Å². The maximum Gasteiger partial charge on any atom is 0.416 e. The van der Waals surface area contributed by atoms with E-state index < -0.39 is 23.2 Å². The van der Waals surface area contributed by atoms with Crippen LogP contribution in [0.1, 0.15) is 60.5 Å². The molecule has 0 N–H and O–H groups in total. The Morgan fingerprint density at radius 2 is 1.87 bits per heavy atom. The minimum Gasteiger partial charge on any atom is -0.491 e. The van der Waals surface area contributed by atoms with E-state index >= 15 is 0 Å². The Kier molecular flexibility index (Phi) is 8.97. The van der Waals surface area contributed by atoms with Crippen molar-refractivity contribution in [3.8, 4) is 5.75 Å². The summed E-state index contributed by atoms with van der Waals surface area (Å²) in [5.74, 6) is 0.109. The number of aryl methyl sites for hydroxylation is 1. The second kappa shape index (κ2) is 12.2. The molecular formula is C29H35F3N2O4. The first-order valence-electron chi connectivity index (χ1n) is 13.3. The van der Waals surface area contributed by atoms with Gasteiger partial charge in [-0.15, -0.1) is 0 Å². The quantitative estimate of drug-likeness (QED) is 0.533. The third-order valence-corrected chi connectivity index (χ3v) is 7.24. The van der Waals surface area contributed by atoms with Crippen LogP contribution in [-0.2, 0) is 22.1 Å². The van der Waals surface area contributed by atoms with Crippen molar-refractivity contribution in [2.24, 2.45) is 0 Å². The predicted molar refractivity (Wildman–Crippen MR) is 137 cm³/mol. The first-order valence-corrected chi connectivity index (χ1v) is 13.3. The highest BCUT2D eigenvalue weighted by Gasteiger charge is 2.47. The van der Waals surface area contributed by atoms with Crippen molar-refractivity contribution in [1.82, 2.24) is 9.80 Å². The summed E-state index contributed by atoms with van der Waals surface area (Å²) in [6.07, 6.45) is -0.140. The maximum atomic E-state index is 14.0. The molecular weight excluding hydrogens is 497 g/mol. The van der Waals surface area contributed by atoms with Gasteiger partial charge in [-0.25, -0.2) is 0 Å². The first-order chi connectivity index (χ1) is 18.2. The molecule has 2 amide bonds. The Hall–Kier alpha value is -3.07. The van der Waals surface area contributed by atoms with Gasteiger partial charge in [-0.05, 0) is 61.9 Å². The number of carbonyl (C=O) groups excluding carboxylic acids is 2. The van der Waals surface area contributed by atoms with Gasteiger partial charge in [0.05, 0.1) is 25.3 Å². The Bertz CT molecular complexity index is 1120. The van der Waals surface area contributed by atoms with Crippen LogP contribution in [0.5, 0.6) is 5.75 Å². The minimum absolute atomic E-state index is 0.000973. The zero-order valence-electron chi connectivity index (χ0n) is 21.8. The van der Waals surface area contributed by atoms with Gasteiger partial charge in [-0.1, -0.05) is 37.6 Å². The van der Waals surface area contributed by atoms with Gasteiger partial charge in [0, 0.05) is 18.7 Å². The third-order valence-electron chi connectivity index (χ3n) is 7.24. The molecule has 206 valence electrons. The van der Waals surface area contributed by atoms with Gasteiger partial charge in [0.15, 0.2) is 5.60 Å². The number of fused-ring (bicyclic) bond motifs is 1. The van der Waals surface area contributed by atoms with Crippen LogP contribution in [0.25, 0.3) is 0 Å². The molecule has 0 aromatic heterocycles. The smallest absolute Gasteiger partial charge is 0.416 e. The van der Waals surface area contributed by atoms with E-state index in [1.54, 1.807) is 4.90 Å². The number of rotatable bonds is 4. The van der Waals surface area contributed by atoms with Gasteiger partial charge in [0.2, 0.25) is 0 Å². The van der Waals surface area contributed by atoms with Gasteiger partial charge in [-0.2, -0.15) is 13.2 Å². The van der Waals surface area contributed by atoms with Gasteiger partial charge >= 0.3 is 6.18 Å². The molecule has 1 saturated heterocycles. The highest BCUT2D eigenvalue weighted by molar-refractivity contribution is 5.95. The molecule has 38 heavy (non-hydrogen) atoms. The molecule has 1 atom stereocenters. The Morgan fingerprint density at radius 3 is 2.66 bits per heavy atom. The largest absolute Gasteiger partial charge is 0.491 e. The molecule has 0 bridgehead atoms. The molecule has 0 radical (unpaired) electrons. The standard InChI is InChI=1S/C29H35F3N2O4/c1-2-3-15-33-16-18-37-25-13-5-4-9-22(25)10-6-7-14-28(27(33)36)21-34(17-19-38-28)26(35)23-11-8-12-24(20-23)29(30,31)32/h4-5,8-9,11-13,20H,2-3,6-7,10,14-19,21H2,1H3. The monoisotopic (exact) mass is 532 g/mol. The summed E-state index contributed by atoms with van der Waals surface area (Å²) in [6.45, 7) is 3.63. The number of ether oxygens (including phenoxy) is 2. The normalized spacial score (nSPS) is 21.3. The zero-order chi connectivity index (χ0) is 27.2. The number of para-hydroxylation sites is 1. The van der Waals surface area contributed by atoms with Crippen LogP contribution in [0.2, 0.25) is 0 Å². The average Bonchev–Trinajstić information content (AvgIpc) is 2.92. The summed E-state index contributed by atoms with van der Waals surface area (Å²) in [5.41, 5.74) is -1.06. The number of morpholine rings is 1. The van der Waals surface area contributed by atoms with E-state index in [4.69, 9.17) is 9.47 Å². The Labute approximate surface area is 221 Å². The highest BCUT2D eigenvalue weighted by atomic mass is 19.4. The molecule has 2 heterocycles. The van der Waals surface area contributed by atoms with Crippen LogP contribution in [0.4, 0.5) is 13.2 Å². The molecule has 1 spiro atoms. The number of hydrogen-bond donors (Lipinski definition) is 0. The van der Waals surface area contributed by atoms with Crippen molar-refractivity contribution >= 4 is 11.8 Å². The summed E-state index contributed by atoms with van der Waals surface area (Å²) in [7, 11) is 0. The summed E-state index contributed by atoms with van der Waals surface area (Å²) in [6, 6.07) is 12.3. The van der Waals surface area contributed by atoms with Gasteiger partial charge < -0.3 is 19.3 Å². The number of unbranched alkanes of at least 4 members (excludes halogenated alkanes) is 1. The van der Waals surface area contributed by atoms with Crippen LogP contribution >= 0.6 is 0 Å². The fraction of sp³-hybridized carbons (Fsp3) is 0.517. The number of benzene rings is 2. The van der Waals surface area contributed by atoms with Crippen LogP contribution in [0.3, 0.4) is 0 Å². The summed E-state index contributed by atoms with van der Waals surface area (Å²) < 4.78 is 52.0. The van der Waals surface area contributed by atoms with E-state index in [0.29, 0.717) is 32.5 Å². The molecule has 2 aromatic rings. The summed E-state index contributed by atoms with van der Waals surface area (Å²) in [5, 5.41) is 0. The Balaban J connectivity index is 1.59. The highest BCUT2D eigenvalue weighted by Crippen LogP contribution is 2.32. The third kappa shape index (κ3) is 6.49. The second-order valence-electron chi connectivity index (χ2n) is 9.96. The molecule has 4 rings (SSSR count). The number of amides is 2. The summed E-state index contributed by atoms with van der Waals surface area (Å²) in [4.78, 5) is 30.6. The molecule has 2 aliphatic rings. The number of hydrogen-bond acceptors (Lipinski definition) is 4. The second-order valence-corrected chi connectivity index (χ2v) is 9.96. The lowest BCUT2D eigenvalue weighted by Crippen LogP contribution is -2.62. The molecule has 1 fully saturated rings. The molecule has 1 unspecified atom stereocenters. The lowest BCUT2D eigenvalue weighted by atomic mass is 9.90. The minimum atomic E-state index is -4.55. The number of nitrogens with zero attached hydrogens (tertiary/aromatic N) is 2. The van der Waals surface area contributed by atoms with Crippen LogP contribution in [0.15, 0.2) is 48.5 Å². The number of halogens is 3. The zero-order valence-corrected chi connectivity index (χ0v) is 21.8. The molecule has 2 aromatic carbocycles. The molecule has 0 aliphatic carbocycles. The van der Waals surface area contributed by atoms with E-state index in [9.17, 15) is 22.8 Å². The van der Waals surface area contributed by atoms with Crippen molar-refractivity contribution in [2.45, 2.75) is 57.2 Å². The van der Waals surface area contributed by atoms with E-state index in [0.717, 1.165) is 49.1 Å². The van der Waals surface area contributed by atoms with Gasteiger partial charge in [0.1, 0.15) is 12.4 Å². The molecule has 6 nitrogen and oxygen atoms in total. The fourth-order valence-corrected chi connectivity index (χ4v) is 5.15. The van der Waals surface area contributed by atoms with Crippen molar-refractivity contribution in [3.63, 3.8) is 0 Å². The fourth-order valence-electron chi connectivity index (χ4n) is 5.15. The lowest BCUT2D eigenvalue weighted by Gasteiger charge is -2.44. The van der Waals surface area contributed by atoms with Gasteiger partial charge in [-0.3, -0.25) is 9.59 Å². The molecule has 9 heteroatoms. The van der Waals surface area contributed by atoms with Crippen LogP contribution in [-0.4, -0.2) is 66.6 Å². The number of carbonyl (C=O) groups is 2. The van der Waals surface area contributed by atoms with E-state index in [2.05, 4.69) is 6.92 Å². The van der Waals surface area contributed by atoms with E-state index in [1.165, 1.54) is 17.0 Å². The maximum absolute atomic E-state index is 14.0. The van der Waals surface area contributed by atoms with Crippen molar-refractivity contribution in [1.29, 1.82) is 0 Å². The molecule has 2 aliphatic heterocycles. The van der Waals surface area contributed by atoms with Crippen molar-refractivity contribution < 1.29 is 32.2 Å². The molecule has 0 saturated carbocycles. The van der Waals surface area contributed by atoms with E-state index in [-0.39, 0.29) is 31.2 Å². The predicted octanol–water partition coefficient (Wildman–Crippen LogP) is 5.35. The first kappa shape index (κ1) is 28.0.